The van der Waals surface area contributed by atoms with E-state index in [9.17, 15) is 4.79 Å². The number of likely N-dealkylation sites (tertiary alicyclic amines) is 1. The van der Waals surface area contributed by atoms with E-state index in [0.29, 0.717) is 49.4 Å². The number of hydrogen-bond acceptors (Lipinski definition) is 7. The monoisotopic (exact) mass is 389 g/mol. The Morgan fingerprint density at radius 1 is 1.32 bits per heavy atom. The number of hydrogen-bond donors (Lipinski definition) is 0. The van der Waals surface area contributed by atoms with Crippen molar-refractivity contribution in [1.82, 2.24) is 24.8 Å². The quantitative estimate of drug-likeness (QED) is 0.659. The van der Waals surface area contributed by atoms with Gasteiger partial charge in [-0.15, -0.1) is 0 Å². The Balaban J connectivity index is 1.19. The normalized spacial score (nSPS) is 18.4. The third-order valence-electron chi connectivity index (χ3n) is 5.50. The summed E-state index contributed by atoms with van der Waals surface area (Å²) in [6.07, 6.45) is 2.78. The van der Waals surface area contributed by atoms with Crippen LogP contribution in [0.25, 0.3) is 0 Å². The zero-order valence-electron chi connectivity index (χ0n) is 16.5. The molecule has 0 N–H and O–H groups in total. The van der Waals surface area contributed by atoms with Crippen LogP contribution in [0.15, 0.2) is 10.6 Å². The zero-order chi connectivity index (χ0) is 19.5. The van der Waals surface area contributed by atoms with Crippen LogP contribution in [-0.2, 0) is 22.9 Å². The first-order valence-corrected chi connectivity index (χ1v) is 9.88. The third kappa shape index (κ3) is 4.25. The van der Waals surface area contributed by atoms with Gasteiger partial charge in [0.25, 0.3) is 5.91 Å². The summed E-state index contributed by atoms with van der Waals surface area (Å²) in [4.78, 5) is 18.7. The van der Waals surface area contributed by atoms with Gasteiger partial charge in [0.15, 0.2) is 11.5 Å². The number of carbonyl (C=O) groups is 1. The molecule has 9 heteroatoms. The lowest BCUT2D eigenvalue weighted by atomic mass is 9.99. The molecule has 2 aromatic heterocycles. The fourth-order valence-electron chi connectivity index (χ4n) is 3.49. The van der Waals surface area contributed by atoms with Crippen molar-refractivity contribution in [2.24, 2.45) is 13.0 Å². The van der Waals surface area contributed by atoms with E-state index in [2.05, 4.69) is 15.2 Å². The van der Waals surface area contributed by atoms with Gasteiger partial charge >= 0.3 is 0 Å². The first kappa shape index (κ1) is 19.1. The van der Waals surface area contributed by atoms with Crippen molar-refractivity contribution in [1.29, 1.82) is 0 Å². The highest BCUT2D eigenvalue weighted by atomic mass is 16.5. The molecule has 2 aromatic rings. The summed E-state index contributed by atoms with van der Waals surface area (Å²) in [5, 5.41) is 8.28. The Kier molecular flexibility index (Phi) is 5.72. The lowest BCUT2D eigenvalue weighted by Gasteiger charge is -2.36. The van der Waals surface area contributed by atoms with Crippen LogP contribution >= 0.6 is 0 Å². The van der Waals surface area contributed by atoms with E-state index in [1.807, 2.05) is 14.0 Å². The molecular weight excluding hydrogens is 362 g/mol. The highest BCUT2D eigenvalue weighted by molar-refractivity contribution is 5.93. The van der Waals surface area contributed by atoms with E-state index in [1.165, 1.54) is 0 Å². The van der Waals surface area contributed by atoms with Crippen LogP contribution < -0.4 is 0 Å². The molecular formula is C19H27N5O4. The minimum atomic E-state index is -0.0544. The Bertz CT molecular complexity index is 786. The molecule has 0 aromatic carbocycles. The molecule has 0 radical (unpaired) electrons. The SMILES string of the molecule is Cc1cc(C(=O)N2CC(c3nc(CCOCC4CCOCC4)no3)C2)nn1C. The second-order valence-corrected chi connectivity index (χ2v) is 7.63. The van der Waals surface area contributed by atoms with E-state index < -0.39 is 0 Å². The van der Waals surface area contributed by atoms with Gasteiger partial charge < -0.3 is 18.9 Å². The molecule has 0 saturated carbocycles. The number of rotatable bonds is 7. The predicted octanol–water partition coefficient (Wildman–Crippen LogP) is 1.34. The molecule has 2 aliphatic rings. The zero-order valence-corrected chi connectivity index (χ0v) is 16.5. The molecule has 2 saturated heterocycles. The summed E-state index contributed by atoms with van der Waals surface area (Å²) in [5.74, 6) is 1.89. The molecule has 2 aliphatic heterocycles. The second-order valence-electron chi connectivity index (χ2n) is 7.63. The maximum Gasteiger partial charge on any atom is 0.274 e. The molecule has 1 amide bonds. The molecule has 9 nitrogen and oxygen atoms in total. The largest absolute Gasteiger partial charge is 0.381 e. The molecule has 0 aliphatic carbocycles. The van der Waals surface area contributed by atoms with Gasteiger partial charge in [-0.05, 0) is 31.7 Å². The van der Waals surface area contributed by atoms with Crippen LogP contribution in [0.1, 0.15) is 46.7 Å². The Hall–Kier alpha value is -2.26. The fourth-order valence-corrected chi connectivity index (χ4v) is 3.49. The van der Waals surface area contributed by atoms with Crippen LogP contribution in [0, 0.1) is 12.8 Å². The van der Waals surface area contributed by atoms with Crippen molar-refractivity contribution < 1.29 is 18.8 Å². The Labute approximate surface area is 164 Å². The number of aryl methyl sites for hydroxylation is 2. The molecule has 4 rings (SSSR count). The summed E-state index contributed by atoms with van der Waals surface area (Å²) < 4.78 is 18.2. The smallest absolute Gasteiger partial charge is 0.274 e. The van der Waals surface area contributed by atoms with Crippen LogP contribution in [-0.4, -0.2) is 70.2 Å². The second kappa shape index (κ2) is 8.40. The predicted molar refractivity (Wildman–Crippen MR) is 99.0 cm³/mol. The first-order chi connectivity index (χ1) is 13.6. The number of aromatic nitrogens is 4. The summed E-state index contributed by atoms with van der Waals surface area (Å²) in [5.41, 5.74) is 1.44. The molecule has 152 valence electrons. The van der Waals surface area contributed by atoms with E-state index in [-0.39, 0.29) is 11.8 Å². The van der Waals surface area contributed by atoms with Crippen molar-refractivity contribution in [2.75, 3.05) is 39.5 Å². The van der Waals surface area contributed by atoms with Crippen molar-refractivity contribution in [2.45, 2.75) is 32.1 Å². The van der Waals surface area contributed by atoms with Crippen molar-refractivity contribution in [3.63, 3.8) is 0 Å². The lowest BCUT2D eigenvalue weighted by molar-refractivity contribution is 0.0211. The Morgan fingerprint density at radius 2 is 2.11 bits per heavy atom. The summed E-state index contributed by atoms with van der Waals surface area (Å²) >= 11 is 0. The van der Waals surface area contributed by atoms with Crippen molar-refractivity contribution >= 4 is 5.91 Å². The van der Waals surface area contributed by atoms with Crippen molar-refractivity contribution in [3.05, 3.63) is 29.2 Å². The molecule has 28 heavy (non-hydrogen) atoms. The van der Waals surface area contributed by atoms with Gasteiger partial charge in [-0.1, -0.05) is 5.16 Å². The molecule has 0 unspecified atom stereocenters. The highest BCUT2D eigenvalue weighted by Crippen LogP contribution is 2.27. The number of carbonyl (C=O) groups excluding carboxylic acids is 1. The highest BCUT2D eigenvalue weighted by Gasteiger charge is 2.36. The minimum Gasteiger partial charge on any atom is -0.381 e. The lowest BCUT2D eigenvalue weighted by Crippen LogP contribution is -2.48. The van der Waals surface area contributed by atoms with Gasteiger partial charge in [-0.25, -0.2) is 0 Å². The Morgan fingerprint density at radius 3 is 2.82 bits per heavy atom. The summed E-state index contributed by atoms with van der Waals surface area (Å²) in [6, 6.07) is 1.81. The van der Waals surface area contributed by atoms with Crippen LogP contribution in [0.4, 0.5) is 0 Å². The first-order valence-electron chi connectivity index (χ1n) is 9.88. The minimum absolute atomic E-state index is 0.0544. The molecule has 4 heterocycles. The molecule has 0 bridgehead atoms. The topological polar surface area (TPSA) is 95.5 Å². The van der Waals surface area contributed by atoms with Gasteiger partial charge in [0.1, 0.15) is 0 Å². The van der Waals surface area contributed by atoms with E-state index in [1.54, 1.807) is 15.6 Å². The van der Waals surface area contributed by atoms with E-state index in [0.717, 1.165) is 38.4 Å². The van der Waals surface area contributed by atoms with Gasteiger partial charge in [-0.3, -0.25) is 9.48 Å². The standard InChI is InChI=1S/C19H27N5O4/c1-13-9-16(21-23(13)2)19(25)24-10-15(11-24)18-20-17(22-28-18)5-8-27-12-14-3-6-26-7-4-14/h9,14-15H,3-8,10-12H2,1-2H3. The molecule has 2 fully saturated rings. The van der Waals surface area contributed by atoms with Gasteiger partial charge in [-0.2, -0.15) is 10.1 Å². The van der Waals surface area contributed by atoms with Crippen LogP contribution in [0.2, 0.25) is 0 Å². The number of ether oxygens (including phenoxy) is 2. The van der Waals surface area contributed by atoms with Crippen LogP contribution in [0.5, 0.6) is 0 Å². The molecule has 0 spiro atoms. The summed E-state index contributed by atoms with van der Waals surface area (Å²) in [6.45, 7) is 6.11. The van der Waals surface area contributed by atoms with Gasteiger partial charge in [0.05, 0.1) is 12.5 Å². The van der Waals surface area contributed by atoms with Crippen LogP contribution in [0.3, 0.4) is 0 Å². The fraction of sp³-hybridized carbons (Fsp3) is 0.684. The average Bonchev–Trinajstić information content (AvgIpc) is 3.25. The third-order valence-corrected chi connectivity index (χ3v) is 5.50. The van der Waals surface area contributed by atoms with Crippen molar-refractivity contribution in [3.8, 4) is 0 Å². The summed E-state index contributed by atoms with van der Waals surface area (Å²) in [7, 11) is 1.83. The maximum absolute atomic E-state index is 12.4. The molecule has 0 atom stereocenters. The number of amides is 1. The number of nitrogens with zero attached hydrogens (tertiary/aromatic N) is 5. The van der Waals surface area contributed by atoms with E-state index >= 15 is 0 Å². The van der Waals surface area contributed by atoms with E-state index in [4.69, 9.17) is 14.0 Å². The average molecular weight is 389 g/mol. The maximum atomic E-state index is 12.4. The van der Waals surface area contributed by atoms with Gasteiger partial charge in [0, 0.05) is 52.1 Å². The van der Waals surface area contributed by atoms with Gasteiger partial charge in [0.2, 0.25) is 5.89 Å².